The average Bonchev–Trinajstić information content (AvgIpc) is 2.23. The molecule has 11 heteroatoms. The van der Waals surface area contributed by atoms with Crippen molar-refractivity contribution in [1.29, 1.82) is 0 Å². The summed E-state index contributed by atoms with van der Waals surface area (Å²) in [6, 6.07) is 0. The highest BCUT2D eigenvalue weighted by Crippen LogP contribution is 2.67. The van der Waals surface area contributed by atoms with E-state index in [1.165, 1.54) is 0 Å². The van der Waals surface area contributed by atoms with Crippen LogP contribution in [0, 0.1) is 0 Å². The van der Waals surface area contributed by atoms with E-state index in [2.05, 4.69) is 0 Å². The summed E-state index contributed by atoms with van der Waals surface area (Å²) in [5.41, 5.74) is -3.30. The van der Waals surface area contributed by atoms with Gasteiger partial charge in [0.2, 0.25) is 0 Å². The van der Waals surface area contributed by atoms with E-state index in [1.54, 1.807) is 0 Å². The van der Waals surface area contributed by atoms with Gasteiger partial charge >= 0.3 is 5.70 Å². The maximum atomic E-state index is 12.0. The summed E-state index contributed by atoms with van der Waals surface area (Å²) in [4.78, 5) is 10.2. The Kier molecular flexibility index (Phi) is 8.10. The van der Waals surface area contributed by atoms with E-state index >= 15 is 0 Å². The third kappa shape index (κ3) is 4.52. The minimum Gasteiger partial charge on any atom is -0.273 e. The van der Waals surface area contributed by atoms with Crippen molar-refractivity contribution in [2.24, 2.45) is 10.3 Å². The van der Waals surface area contributed by atoms with E-state index in [9.17, 15) is 9.36 Å². The monoisotopic (exact) mass is 331 g/mol. The van der Waals surface area contributed by atoms with Crippen molar-refractivity contribution in [1.82, 2.24) is 4.67 Å². The molecule has 0 spiro atoms. The van der Waals surface area contributed by atoms with Crippen molar-refractivity contribution < 1.29 is 9.36 Å². The number of hydrogen-bond donors (Lipinski definition) is 2. The van der Waals surface area contributed by atoms with Gasteiger partial charge < -0.3 is 0 Å². The lowest BCUT2D eigenvalue weighted by Crippen LogP contribution is -2.33. The van der Waals surface area contributed by atoms with Crippen molar-refractivity contribution in [2.45, 2.75) is 4.84 Å². The van der Waals surface area contributed by atoms with Crippen LogP contribution in [0.15, 0.2) is 0 Å². The highest BCUT2D eigenvalue weighted by atomic mass is 35.5. The number of alkyl halides is 3. The molecule has 0 aliphatic heterocycles. The number of carbonyl (C=O) groups is 1. The van der Waals surface area contributed by atoms with Crippen LogP contribution in [0.25, 0.3) is 0 Å². The highest BCUT2D eigenvalue weighted by molar-refractivity contribution is 8.89. The first-order valence-electron chi connectivity index (χ1n) is 3.46. The predicted molar refractivity (Wildman–Crippen MR) is 69.1 cm³/mol. The second-order valence-electron chi connectivity index (χ2n) is 2.13. The molecule has 0 rings (SSSR count). The number of nitrogens with two attached hydrogens (primary N) is 2. The molecule has 0 aromatic rings. The summed E-state index contributed by atoms with van der Waals surface area (Å²) in [5, 5.41) is 10.4. The molecule has 90 valence electrons. The Labute approximate surface area is 111 Å². The van der Waals surface area contributed by atoms with E-state index in [-0.39, 0.29) is 12.4 Å². The minimum atomic E-state index is -3.30. The van der Waals surface area contributed by atoms with Gasteiger partial charge in [0, 0.05) is 35.6 Å². The first-order chi connectivity index (χ1) is 6.92. The van der Waals surface area contributed by atoms with Crippen molar-refractivity contribution in [3.8, 4) is 0 Å². The number of amides is 1. The molecule has 0 aromatic carbocycles. The quantitative estimate of drug-likeness (QED) is 0.440. The van der Waals surface area contributed by atoms with E-state index in [0.29, 0.717) is 23.1 Å². The molecule has 0 fully saturated rings. The van der Waals surface area contributed by atoms with Gasteiger partial charge in [-0.1, -0.05) is 23.2 Å². The zero-order chi connectivity index (χ0) is 12.1. The third-order valence-corrected chi connectivity index (χ3v) is 7.69. The lowest BCUT2D eigenvalue weighted by molar-refractivity contribution is -0.124. The van der Waals surface area contributed by atoms with Crippen LogP contribution in [0.4, 0.5) is 0 Å². The van der Waals surface area contributed by atoms with Gasteiger partial charge in [0.05, 0.1) is 0 Å². The van der Waals surface area contributed by atoms with Gasteiger partial charge in [-0.05, 0) is 0 Å². The van der Waals surface area contributed by atoms with Gasteiger partial charge in [0.25, 0.3) is 5.91 Å². The lowest BCUT2D eigenvalue weighted by atomic mass is 10.6. The Bertz CT molecular complexity index is 262. The molecule has 0 aliphatic rings. The van der Waals surface area contributed by atoms with Crippen LogP contribution < -0.4 is 10.3 Å². The summed E-state index contributed by atoms with van der Waals surface area (Å²) in [7, 11) is 0. The molecule has 0 saturated heterocycles. The Morgan fingerprint density at radius 3 is 2.13 bits per heavy atom. The van der Waals surface area contributed by atoms with Crippen LogP contribution in [0.1, 0.15) is 0 Å². The lowest BCUT2D eigenvalue weighted by Gasteiger charge is -2.27. The molecular formula is C4H9Cl3N3O2PS2. The first kappa shape index (κ1) is 16.2. The smallest absolute Gasteiger partial charge is 0.273 e. The molecule has 0 saturated carbocycles. The maximum Gasteiger partial charge on any atom is 0.310 e. The summed E-state index contributed by atoms with van der Waals surface area (Å²) >= 11 is 17.2. The van der Waals surface area contributed by atoms with Crippen LogP contribution >= 0.6 is 63.6 Å². The maximum absolute atomic E-state index is 12.0. The van der Waals surface area contributed by atoms with Gasteiger partial charge in [0.15, 0.2) is 4.84 Å². The Morgan fingerprint density at radius 1 is 1.40 bits per heavy atom. The van der Waals surface area contributed by atoms with E-state index < -0.39 is 16.4 Å². The largest absolute Gasteiger partial charge is 0.310 e. The fourth-order valence-corrected chi connectivity index (χ4v) is 4.57. The number of hydrogen-bond acceptors (Lipinski definition) is 6. The molecule has 0 radical (unpaired) electrons. The van der Waals surface area contributed by atoms with Crippen LogP contribution in [0.3, 0.4) is 0 Å². The van der Waals surface area contributed by atoms with Crippen LogP contribution in [-0.4, -0.2) is 27.8 Å². The van der Waals surface area contributed by atoms with E-state index in [1.807, 2.05) is 0 Å². The highest BCUT2D eigenvalue weighted by Gasteiger charge is 2.36. The summed E-state index contributed by atoms with van der Waals surface area (Å²) in [6.07, 6.45) is 0. The number of carbonyl (C=O) groups excluding carboxylic acids is 1. The van der Waals surface area contributed by atoms with Gasteiger partial charge in [-0.15, -0.1) is 11.6 Å². The number of rotatable bonds is 6. The molecule has 0 aliphatic carbocycles. The van der Waals surface area contributed by atoms with Gasteiger partial charge in [-0.25, -0.2) is 0 Å². The van der Waals surface area contributed by atoms with Crippen molar-refractivity contribution >= 4 is 69.5 Å². The molecular weight excluding hydrogens is 324 g/mol. The normalized spacial score (nSPS) is 11.9. The standard InChI is InChI=1S/C4H9Cl3N3O2PS2/c5-1-2-10(4(11)3(6)7)13(12,14-8)15-9/h3H,1-2,8-9H2. The summed E-state index contributed by atoms with van der Waals surface area (Å²) in [5.74, 6) is -0.643. The number of halogens is 3. The van der Waals surface area contributed by atoms with Gasteiger partial charge in [-0.2, -0.15) is 0 Å². The zero-order valence-electron chi connectivity index (χ0n) is 7.31. The van der Waals surface area contributed by atoms with Gasteiger partial charge in [0.1, 0.15) is 0 Å². The molecule has 0 heterocycles. The first-order valence-corrected chi connectivity index (χ1v) is 9.49. The second-order valence-corrected chi connectivity index (χ2v) is 10.4. The fraction of sp³-hybridized carbons (Fsp3) is 0.750. The van der Waals surface area contributed by atoms with Gasteiger partial charge in [-0.3, -0.25) is 24.3 Å². The average molecular weight is 333 g/mol. The van der Waals surface area contributed by atoms with E-state index in [0.717, 1.165) is 4.67 Å². The minimum absolute atomic E-state index is 0.0159. The topological polar surface area (TPSA) is 89.4 Å². The van der Waals surface area contributed by atoms with Crippen molar-refractivity contribution in [2.75, 3.05) is 12.4 Å². The van der Waals surface area contributed by atoms with Crippen molar-refractivity contribution in [3.05, 3.63) is 0 Å². The third-order valence-electron chi connectivity index (χ3n) is 1.30. The SMILES string of the molecule is NSP(=O)(SN)N(CCCl)C(=O)C(Cl)Cl. The Balaban J connectivity index is 4.94. The van der Waals surface area contributed by atoms with Crippen LogP contribution in [0.2, 0.25) is 0 Å². The van der Waals surface area contributed by atoms with Crippen LogP contribution in [0.5, 0.6) is 0 Å². The molecule has 5 nitrogen and oxygen atoms in total. The van der Waals surface area contributed by atoms with Crippen LogP contribution in [-0.2, 0) is 9.36 Å². The predicted octanol–water partition coefficient (Wildman–Crippen LogP) is 2.18. The molecule has 15 heavy (non-hydrogen) atoms. The summed E-state index contributed by atoms with van der Waals surface area (Å²) in [6.45, 7) is 0.0159. The molecule has 0 bridgehead atoms. The molecule has 0 aromatic heterocycles. The molecule has 4 N–H and O–H groups in total. The Morgan fingerprint density at radius 2 is 1.87 bits per heavy atom. The molecule has 0 unspecified atom stereocenters. The Hall–Kier alpha value is 1.19. The second kappa shape index (κ2) is 7.50. The number of nitrogens with zero attached hydrogens (tertiary/aromatic N) is 1. The zero-order valence-corrected chi connectivity index (χ0v) is 12.1. The molecule has 0 atom stereocenters. The van der Waals surface area contributed by atoms with E-state index in [4.69, 9.17) is 45.1 Å². The van der Waals surface area contributed by atoms with Crippen molar-refractivity contribution in [3.63, 3.8) is 0 Å². The molecule has 1 amide bonds. The fourth-order valence-electron chi connectivity index (χ4n) is 0.685. The summed E-state index contributed by atoms with van der Waals surface area (Å²) < 4.78 is 12.9.